The number of hydrogen-bond donors (Lipinski definition) is 1. The van der Waals surface area contributed by atoms with E-state index in [0.717, 1.165) is 21.7 Å². The lowest BCUT2D eigenvalue weighted by Crippen LogP contribution is -2.04. The number of benzene rings is 1. The normalized spacial score (nSPS) is 10.6. The third kappa shape index (κ3) is 3.50. The molecule has 21 heavy (non-hydrogen) atoms. The second kappa shape index (κ2) is 6.39. The minimum Gasteiger partial charge on any atom is -0.436 e. The van der Waals surface area contributed by atoms with E-state index in [1.807, 2.05) is 13.8 Å². The summed E-state index contributed by atoms with van der Waals surface area (Å²) in [4.78, 5) is 3.84. The summed E-state index contributed by atoms with van der Waals surface area (Å²) in [5.41, 5.74) is 1.92. The number of anilines is 1. The first-order chi connectivity index (χ1) is 9.92. The Labute approximate surface area is 130 Å². The first-order valence-corrected chi connectivity index (χ1v) is 7.26. The number of nitrogens with zero attached hydrogens (tertiary/aromatic N) is 1. The lowest BCUT2D eigenvalue weighted by molar-refractivity contribution is 0.417. The molecule has 0 atom stereocenters. The molecule has 1 N–H and O–H groups in total. The predicted molar refractivity (Wildman–Crippen MR) is 82.0 cm³/mol. The lowest BCUT2D eigenvalue weighted by Gasteiger charge is -2.11. The zero-order valence-corrected chi connectivity index (χ0v) is 13.5. The van der Waals surface area contributed by atoms with Crippen molar-refractivity contribution in [2.45, 2.75) is 20.8 Å². The number of hydrogen-bond acceptors (Lipinski definition) is 3. The van der Waals surface area contributed by atoms with Crippen LogP contribution in [0.4, 0.5) is 14.6 Å². The molecule has 0 aliphatic rings. The standard InChI is InChI=1S/C15H15BrF2N2O/c1-4-19-14-11(17)7-12(18)15(20-14)21-10-5-8(2)13(16)9(3)6-10/h5-7H,4H2,1-3H3,(H,19,20). The van der Waals surface area contributed by atoms with E-state index in [1.165, 1.54) is 0 Å². The molecule has 2 aromatic rings. The molecule has 0 spiro atoms. The van der Waals surface area contributed by atoms with E-state index in [4.69, 9.17) is 4.74 Å². The topological polar surface area (TPSA) is 34.2 Å². The van der Waals surface area contributed by atoms with E-state index in [2.05, 4.69) is 26.2 Å². The van der Waals surface area contributed by atoms with E-state index >= 15 is 0 Å². The molecule has 0 aliphatic carbocycles. The van der Waals surface area contributed by atoms with Crippen molar-refractivity contribution in [3.63, 3.8) is 0 Å². The average Bonchev–Trinajstić information content (AvgIpc) is 2.41. The van der Waals surface area contributed by atoms with E-state index in [-0.39, 0.29) is 11.7 Å². The molecule has 0 aliphatic heterocycles. The fourth-order valence-electron chi connectivity index (χ4n) is 1.89. The van der Waals surface area contributed by atoms with Crippen molar-refractivity contribution in [2.75, 3.05) is 11.9 Å². The number of rotatable bonds is 4. The van der Waals surface area contributed by atoms with Crippen molar-refractivity contribution in [1.82, 2.24) is 4.98 Å². The van der Waals surface area contributed by atoms with Crippen molar-refractivity contribution < 1.29 is 13.5 Å². The van der Waals surface area contributed by atoms with E-state index in [0.29, 0.717) is 12.3 Å². The molecule has 0 saturated carbocycles. The molecule has 112 valence electrons. The number of aromatic nitrogens is 1. The fourth-order valence-corrected chi connectivity index (χ4v) is 2.12. The van der Waals surface area contributed by atoms with Crippen molar-refractivity contribution in [3.05, 3.63) is 45.4 Å². The van der Waals surface area contributed by atoms with Crippen LogP contribution >= 0.6 is 15.9 Å². The highest BCUT2D eigenvalue weighted by molar-refractivity contribution is 9.10. The summed E-state index contributed by atoms with van der Waals surface area (Å²) < 4.78 is 33.7. The number of halogens is 3. The molecular weight excluding hydrogens is 342 g/mol. The van der Waals surface area contributed by atoms with E-state index in [1.54, 1.807) is 19.1 Å². The van der Waals surface area contributed by atoms with Crippen molar-refractivity contribution >= 4 is 21.7 Å². The zero-order chi connectivity index (χ0) is 15.6. The van der Waals surface area contributed by atoms with Crippen LogP contribution in [-0.2, 0) is 0 Å². The Morgan fingerprint density at radius 1 is 1.14 bits per heavy atom. The predicted octanol–water partition coefficient (Wildman–Crippen LogP) is 4.96. The molecule has 0 radical (unpaired) electrons. The minimum atomic E-state index is -0.840. The average molecular weight is 357 g/mol. The van der Waals surface area contributed by atoms with Gasteiger partial charge in [0.2, 0.25) is 0 Å². The van der Waals surface area contributed by atoms with Gasteiger partial charge in [0.25, 0.3) is 5.88 Å². The van der Waals surface area contributed by atoms with Gasteiger partial charge in [-0.15, -0.1) is 0 Å². The highest BCUT2D eigenvalue weighted by Gasteiger charge is 2.14. The first-order valence-electron chi connectivity index (χ1n) is 6.47. The summed E-state index contributed by atoms with van der Waals surface area (Å²) in [6.07, 6.45) is 0. The SMILES string of the molecule is CCNc1nc(Oc2cc(C)c(Br)c(C)c2)c(F)cc1F. The molecule has 6 heteroatoms. The first kappa shape index (κ1) is 15.7. The summed E-state index contributed by atoms with van der Waals surface area (Å²) in [6.45, 7) is 6.09. The summed E-state index contributed by atoms with van der Waals surface area (Å²) in [6, 6.07) is 4.28. The van der Waals surface area contributed by atoms with Gasteiger partial charge >= 0.3 is 0 Å². The van der Waals surface area contributed by atoms with Gasteiger partial charge in [0.1, 0.15) is 5.75 Å². The minimum absolute atomic E-state index is 0.0283. The Morgan fingerprint density at radius 2 is 1.76 bits per heavy atom. The van der Waals surface area contributed by atoms with Crippen molar-refractivity contribution in [1.29, 1.82) is 0 Å². The van der Waals surface area contributed by atoms with Gasteiger partial charge in [-0.2, -0.15) is 4.98 Å². The van der Waals surface area contributed by atoms with Gasteiger partial charge in [-0.3, -0.25) is 0 Å². The largest absolute Gasteiger partial charge is 0.436 e. The third-order valence-corrected chi connectivity index (χ3v) is 4.12. The Hall–Kier alpha value is -1.69. The van der Waals surface area contributed by atoms with Crippen LogP contribution in [0.2, 0.25) is 0 Å². The van der Waals surface area contributed by atoms with Crippen LogP contribution in [0.15, 0.2) is 22.7 Å². The van der Waals surface area contributed by atoms with Crippen LogP contribution in [0.1, 0.15) is 18.1 Å². The molecule has 0 unspecified atom stereocenters. The summed E-state index contributed by atoms with van der Waals surface area (Å²) in [5.74, 6) is -1.42. The smallest absolute Gasteiger partial charge is 0.258 e. The molecule has 1 heterocycles. The molecule has 3 nitrogen and oxygen atoms in total. The molecule has 0 fully saturated rings. The van der Waals surface area contributed by atoms with Crippen LogP contribution in [0.5, 0.6) is 11.6 Å². The Morgan fingerprint density at radius 3 is 2.33 bits per heavy atom. The highest BCUT2D eigenvalue weighted by Crippen LogP contribution is 2.30. The van der Waals surface area contributed by atoms with Crippen LogP contribution in [0, 0.1) is 25.5 Å². The molecule has 2 rings (SSSR count). The van der Waals surface area contributed by atoms with Gasteiger partial charge in [-0.05, 0) is 44.0 Å². The third-order valence-electron chi connectivity index (χ3n) is 2.87. The number of ether oxygens (including phenoxy) is 1. The summed E-state index contributed by atoms with van der Waals surface area (Å²) >= 11 is 3.45. The van der Waals surface area contributed by atoms with Crippen LogP contribution in [0.3, 0.4) is 0 Å². The highest BCUT2D eigenvalue weighted by atomic mass is 79.9. The van der Waals surface area contributed by atoms with E-state index < -0.39 is 11.6 Å². The van der Waals surface area contributed by atoms with Crippen LogP contribution in [-0.4, -0.2) is 11.5 Å². The van der Waals surface area contributed by atoms with E-state index in [9.17, 15) is 8.78 Å². The number of aryl methyl sites for hydroxylation is 2. The van der Waals surface area contributed by atoms with Gasteiger partial charge in [-0.25, -0.2) is 8.78 Å². The molecule has 1 aromatic heterocycles. The summed E-state index contributed by atoms with van der Waals surface area (Å²) in [7, 11) is 0. The molecule has 1 aromatic carbocycles. The van der Waals surface area contributed by atoms with Gasteiger partial charge in [0, 0.05) is 17.1 Å². The quantitative estimate of drug-likeness (QED) is 0.840. The zero-order valence-electron chi connectivity index (χ0n) is 11.9. The molecule has 0 bridgehead atoms. The lowest BCUT2D eigenvalue weighted by atomic mass is 10.1. The Balaban J connectivity index is 2.37. The maximum absolute atomic E-state index is 13.8. The Kier molecular flexibility index (Phi) is 4.77. The van der Waals surface area contributed by atoms with Gasteiger partial charge < -0.3 is 10.1 Å². The van der Waals surface area contributed by atoms with Gasteiger partial charge in [0.15, 0.2) is 17.5 Å². The summed E-state index contributed by atoms with van der Waals surface area (Å²) in [5, 5.41) is 2.72. The number of pyridine rings is 1. The molecular formula is C15H15BrF2N2O. The molecule has 0 amide bonds. The maximum atomic E-state index is 13.8. The van der Waals surface area contributed by atoms with Gasteiger partial charge in [0.05, 0.1) is 0 Å². The maximum Gasteiger partial charge on any atom is 0.258 e. The van der Waals surface area contributed by atoms with Crippen molar-refractivity contribution in [2.24, 2.45) is 0 Å². The second-order valence-electron chi connectivity index (χ2n) is 4.61. The molecule has 0 saturated heterocycles. The fraction of sp³-hybridized carbons (Fsp3) is 0.267. The second-order valence-corrected chi connectivity index (χ2v) is 5.40. The van der Waals surface area contributed by atoms with Crippen LogP contribution < -0.4 is 10.1 Å². The monoisotopic (exact) mass is 356 g/mol. The van der Waals surface area contributed by atoms with Crippen molar-refractivity contribution in [3.8, 4) is 11.6 Å². The Bertz CT molecular complexity index is 654. The van der Waals surface area contributed by atoms with Crippen LogP contribution in [0.25, 0.3) is 0 Å². The van der Waals surface area contributed by atoms with Gasteiger partial charge in [-0.1, -0.05) is 15.9 Å². The number of nitrogens with one attached hydrogen (secondary N) is 1.